The van der Waals surface area contributed by atoms with Gasteiger partial charge in [-0.3, -0.25) is 13.8 Å². The minimum atomic E-state index is -4.26. The first-order valence-corrected chi connectivity index (χ1v) is 14.0. The van der Waals surface area contributed by atoms with Gasteiger partial charge >= 0.3 is 13.8 Å². The molecule has 0 aliphatic heterocycles. The van der Waals surface area contributed by atoms with E-state index < -0.39 is 33.1 Å². The predicted molar refractivity (Wildman–Crippen MR) is 132 cm³/mol. The molecule has 0 saturated heterocycles. The second-order valence-corrected chi connectivity index (χ2v) is 11.0. The molecular formula is C24H49NO7P+. The molecule has 196 valence electrons. The Bertz CT molecular complexity index is 564. The summed E-state index contributed by atoms with van der Waals surface area (Å²) in [5, 5.41) is 9.36. The number of rotatable bonds is 22. The topological polar surface area (TPSA) is 102 Å². The van der Waals surface area contributed by atoms with Crippen molar-refractivity contribution in [2.45, 2.75) is 90.1 Å². The third-order valence-corrected chi connectivity index (χ3v) is 6.07. The normalized spacial score (nSPS) is 15.0. The van der Waals surface area contributed by atoms with Crippen LogP contribution in [0.2, 0.25) is 0 Å². The van der Waals surface area contributed by atoms with Crippen molar-refractivity contribution < 1.29 is 37.6 Å². The zero-order valence-corrected chi connectivity index (χ0v) is 22.3. The Morgan fingerprint density at radius 3 is 2.09 bits per heavy atom. The Morgan fingerprint density at radius 1 is 0.939 bits per heavy atom. The van der Waals surface area contributed by atoms with E-state index in [2.05, 4.69) is 19.1 Å². The number of aliphatic hydroxyl groups is 1. The average Bonchev–Trinajstić information content (AvgIpc) is 2.73. The first-order chi connectivity index (χ1) is 15.6. The highest BCUT2D eigenvalue weighted by Crippen LogP contribution is 2.43. The molecule has 0 radical (unpaired) electrons. The summed E-state index contributed by atoms with van der Waals surface area (Å²) in [7, 11) is 1.54. The van der Waals surface area contributed by atoms with E-state index >= 15 is 0 Å². The summed E-state index contributed by atoms with van der Waals surface area (Å²) in [6.45, 7) is 1.92. The molecule has 1 unspecified atom stereocenters. The summed E-state index contributed by atoms with van der Waals surface area (Å²) < 4.78 is 27.4. The van der Waals surface area contributed by atoms with Crippen molar-refractivity contribution in [3.8, 4) is 0 Å². The predicted octanol–water partition coefficient (Wildman–Crippen LogP) is 4.99. The third kappa shape index (κ3) is 22.8. The monoisotopic (exact) mass is 494 g/mol. The van der Waals surface area contributed by atoms with Crippen molar-refractivity contribution >= 4 is 13.8 Å². The molecular weight excluding hydrogens is 445 g/mol. The molecule has 2 N–H and O–H groups in total. The number of likely N-dealkylation sites (N-methyl/N-ethyl adjacent to an activating group) is 1. The molecule has 0 aliphatic carbocycles. The molecule has 0 fully saturated rings. The molecule has 0 aromatic heterocycles. The molecule has 0 spiro atoms. The van der Waals surface area contributed by atoms with E-state index in [9.17, 15) is 19.4 Å². The average molecular weight is 495 g/mol. The van der Waals surface area contributed by atoms with Crippen LogP contribution in [0.4, 0.5) is 0 Å². The van der Waals surface area contributed by atoms with Gasteiger partial charge in [-0.05, 0) is 32.1 Å². The number of phosphoric ester groups is 1. The smallest absolute Gasteiger partial charge is 0.457 e. The maximum atomic E-state index is 12.0. The molecule has 0 heterocycles. The van der Waals surface area contributed by atoms with Gasteiger partial charge in [0, 0.05) is 6.42 Å². The molecule has 33 heavy (non-hydrogen) atoms. The molecule has 8 nitrogen and oxygen atoms in total. The van der Waals surface area contributed by atoms with Crippen molar-refractivity contribution in [3.63, 3.8) is 0 Å². The van der Waals surface area contributed by atoms with Crippen LogP contribution in [0.3, 0.4) is 0 Å². The van der Waals surface area contributed by atoms with Gasteiger partial charge in [-0.15, -0.1) is 0 Å². The summed E-state index contributed by atoms with van der Waals surface area (Å²) in [6.07, 6.45) is 16.4. The molecule has 0 aromatic carbocycles. The van der Waals surface area contributed by atoms with Gasteiger partial charge in [-0.25, -0.2) is 4.57 Å². The van der Waals surface area contributed by atoms with E-state index in [1.165, 1.54) is 32.1 Å². The number of allylic oxidation sites excluding steroid dienone is 2. The van der Waals surface area contributed by atoms with Crippen molar-refractivity contribution in [1.82, 2.24) is 0 Å². The quantitative estimate of drug-likeness (QED) is 0.0719. The van der Waals surface area contributed by atoms with Gasteiger partial charge in [0.05, 0.1) is 34.4 Å². The summed E-state index contributed by atoms with van der Waals surface area (Å²) >= 11 is 0. The largest absolute Gasteiger partial charge is 0.472 e. The van der Waals surface area contributed by atoms with E-state index in [0.717, 1.165) is 38.5 Å². The van der Waals surface area contributed by atoms with Crippen LogP contribution < -0.4 is 0 Å². The molecule has 9 heteroatoms. The third-order valence-electron chi connectivity index (χ3n) is 5.08. The highest BCUT2D eigenvalue weighted by molar-refractivity contribution is 7.47. The van der Waals surface area contributed by atoms with Crippen LogP contribution in [0.5, 0.6) is 0 Å². The number of quaternary nitrogens is 1. The number of carbonyl (C=O) groups excluding carboxylic acids is 1. The second-order valence-electron chi connectivity index (χ2n) is 9.53. The van der Waals surface area contributed by atoms with Crippen LogP contribution in [0, 0.1) is 0 Å². The SMILES string of the molecule is CCCCCC/C=C\CCCCCCCC(=O)O[C@H](CO)COP(=O)(O)OCC[N+](C)(C)C. The number of carbonyl (C=O) groups is 1. The number of aliphatic hydroxyl groups excluding tert-OH is 1. The van der Waals surface area contributed by atoms with E-state index in [1.807, 2.05) is 21.1 Å². The number of hydrogen-bond donors (Lipinski definition) is 2. The molecule has 0 aromatic rings. The first kappa shape index (κ1) is 32.2. The van der Waals surface area contributed by atoms with Crippen molar-refractivity contribution in [3.05, 3.63) is 12.2 Å². The number of nitrogens with zero attached hydrogens (tertiary/aromatic N) is 1. The molecule has 2 atom stereocenters. The van der Waals surface area contributed by atoms with Crippen molar-refractivity contribution in [2.24, 2.45) is 0 Å². The summed E-state index contributed by atoms with van der Waals surface area (Å²) in [5.74, 6) is -0.442. The fraction of sp³-hybridized carbons (Fsp3) is 0.875. The van der Waals surface area contributed by atoms with Crippen LogP contribution >= 0.6 is 7.82 Å². The Hall–Kier alpha value is -0.760. The lowest BCUT2D eigenvalue weighted by Crippen LogP contribution is -2.37. The van der Waals surface area contributed by atoms with Crippen LogP contribution in [-0.4, -0.2) is 74.1 Å². The van der Waals surface area contributed by atoms with E-state index in [4.69, 9.17) is 13.8 Å². The summed E-state index contributed by atoms with van der Waals surface area (Å²) in [4.78, 5) is 21.7. The zero-order chi connectivity index (χ0) is 25.0. The Balaban J connectivity index is 3.81. The Kier molecular flexibility index (Phi) is 19.1. The van der Waals surface area contributed by atoms with Crippen LogP contribution in [-0.2, 0) is 23.1 Å². The van der Waals surface area contributed by atoms with Gasteiger partial charge in [0.25, 0.3) is 0 Å². The van der Waals surface area contributed by atoms with Crippen LogP contribution in [0.25, 0.3) is 0 Å². The van der Waals surface area contributed by atoms with Gasteiger partial charge in [-0.1, -0.05) is 57.6 Å². The van der Waals surface area contributed by atoms with Gasteiger partial charge in [0.15, 0.2) is 0 Å². The van der Waals surface area contributed by atoms with Crippen LogP contribution in [0.15, 0.2) is 12.2 Å². The lowest BCUT2D eigenvalue weighted by molar-refractivity contribution is -0.870. The second kappa shape index (κ2) is 19.5. The highest BCUT2D eigenvalue weighted by Gasteiger charge is 2.25. The fourth-order valence-electron chi connectivity index (χ4n) is 3.00. The molecule has 0 saturated carbocycles. The van der Waals surface area contributed by atoms with Gasteiger partial charge in [-0.2, -0.15) is 0 Å². The minimum Gasteiger partial charge on any atom is -0.457 e. The van der Waals surface area contributed by atoms with E-state index in [-0.39, 0.29) is 13.0 Å². The minimum absolute atomic E-state index is 0.0518. The zero-order valence-electron chi connectivity index (χ0n) is 21.4. The van der Waals surface area contributed by atoms with Gasteiger partial charge < -0.3 is 19.2 Å². The number of esters is 1. The number of unbranched alkanes of at least 4 members (excludes halogenated alkanes) is 9. The Morgan fingerprint density at radius 2 is 1.52 bits per heavy atom. The van der Waals surface area contributed by atoms with Gasteiger partial charge in [0.1, 0.15) is 19.3 Å². The Labute approximate surface area is 201 Å². The highest BCUT2D eigenvalue weighted by atomic mass is 31.2. The molecule has 0 rings (SSSR count). The lowest BCUT2D eigenvalue weighted by atomic mass is 10.1. The van der Waals surface area contributed by atoms with E-state index in [1.54, 1.807) is 0 Å². The number of phosphoric acid groups is 1. The lowest BCUT2D eigenvalue weighted by Gasteiger charge is -2.24. The molecule has 0 amide bonds. The maximum absolute atomic E-state index is 12.0. The summed E-state index contributed by atoms with van der Waals surface area (Å²) in [6, 6.07) is 0. The number of ether oxygens (including phenoxy) is 1. The molecule has 0 bridgehead atoms. The number of hydrogen-bond acceptors (Lipinski definition) is 6. The maximum Gasteiger partial charge on any atom is 0.472 e. The van der Waals surface area contributed by atoms with Crippen molar-refractivity contribution in [1.29, 1.82) is 0 Å². The summed E-state index contributed by atoms with van der Waals surface area (Å²) in [5.41, 5.74) is 0. The first-order valence-electron chi connectivity index (χ1n) is 12.5. The molecule has 0 aliphatic rings. The fourth-order valence-corrected chi connectivity index (χ4v) is 3.74. The van der Waals surface area contributed by atoms with Crippen molar-refractivity contribution in [2.75, 3.05) is 47.5 Å². The standard InChI is InChI=1S/C24H48NO7P/c1-5-6-7-8-9-10-11-12-13-14-15-16-17-18-24(27)32-23(21-26)22-31-33(28,29)30-20-19-25(2,3)4/h10-11,23,26H,5-9,12-22H2,1-4H3/p+1/b11-10-/t23-/m1/s1. The van der Waals surface area contributed by atoms with E-state index in [0.29, 0.717) is 11.0 Å². The van der Waals surface area contributed by atoms with Crippen LogP contribution in [0.1, 0.15) is 84.0 Å². The van der Waals surface area contributed by atoms with Gasteiger partial charge in [0.2, 0.25) is 0 Å².